The van der Waals surface area contributed by atoms with Crippen molar-refractivity contribution in [1.29, 1.82) is 0 Å². The summed E-state index contributed by atoms with van der Waals surface area (Å²) in [6.45, 7) is 4.52. The van der Waals surface area contributed by atoms with Crippen LogP contribution in [0.3, 0.4) is 0 Å². The first kappa shape index (κ1) is 28.1. The number of carbonyl (C=O) groups is 2. The van der Waals surface area contributed by atoms with Gasteiger partial charge in [0.15, 0.2) is 0 Å². The molecule has 0 radical (unpaired) electrons. The Morgan fingerprint density at radius 2 is 1.73 bits per heavy atom. The number of aliphatic hydroxyl groups is 1. The number of nitrogens with zero attached hydrogens (tertiary/aromatic N) is 4. The van der Waals surface area contributed by atoms with E-state index in [1.165, 1.54) is 16.2 Å². The average Bonchev–Trinajstić information content (AvgIpc) is 3.32. The second-order valence-electron chi connectivity index (χ2n) is 10.0. The lowest BCUT2D eigenvalue weighted by molar-refractivity contribution is -0.127. The third-order valence-corrected chi connectivity index (χ3v) is 8.56. The topological polar surface area (TPSA) is 77.0 Å². The van der Waals surface area contributed by atoms with E-state index in [1.54, 1.807) is 36.1 Å². The van der Waals surface area contributed by atoms with Crippen molar-refractivity contribution in [2.24, 2.45) is 0 Å². The number of aromatic nitrogens is 1. The molecular formula is C30H32F2N4O3S. The molecule has 3 aromatic rings. The van der Waals surface area contributed by atoms with Gasteiger partial charge in [-0.2, -0.15) is 0 Å². The highest BCUT2D eigenvalue weighted by Gasteiger charge is 2.42. The number of para-hydroxylation sites is 1. The van der Waals surface area contributed by atoms with Crippen molar-refractivity contribution in [2.45, 2.75) is 25.7 Å². The van der Waals surface area contributed by atoms with Crippen LogP contribution in [-0.4, -0.2) is 83.5 Å². The summed E-state index contributed by atoms with van der Waals surface area (Å²) in [5.74, 6) is -4.15. The number of allylic oxidation sites excluding steroid dienone is 1. The largest absolute Gasteiger partial charge is 0.396 e. The number of halogens is 2. The smallest absolute Gasteiger partial charge is 0.275 e. The number of aliphatic hydroxyl groups excluding tert-OH is 1. The third kappa shape index (κ3) is 5.84. The molecule has 0 aliphatic carbocycles. The van der Waals surface area contributed by atoms with Gasteiger partial charge in [-0.15, -0.1) is 11.3 Å². The van der Waals surface area contributed by atoms with Crippen LogP contribution in [0.1, 0.15) is 33.8 Å². The maximum absolute atomic E-state index is 15.7. The first-order chi connectivity index (χ1) is 19.3. The quantitative estimate of drug-likeness (QED) is 0.438. The van der Waals surface area contributed by atoms with Gasteiger partial charge in [-0.1, -0.05) is 48.5 Å². The van der Waals surface area contributed by atoms with E-state index in [0.29, 0.717) is 53.9 Å². The molecule has 7 nitrogen and oxygen atoms in total. The number of piperazine rings is 1. The fraction of sp³-hybridized carbons (Fsp3) is 0.367. The summed E-state index contributed by atoms with van der Waals surface area (Å²) in [5.41, 5.74) is 1.60. The number of benzene rings is 2. The number of hydrogen-bond acceptors (Lipinski definition) is 6. The van der Waals surface area contributed by atoms with Gasteiger partial charge in [-0.05, 0) is 19.4 Å². The highest BCUT2D eigenvalue weighted by atomic mass is 32.1. The number of alkyl halides is 2. The van der Waals surface area contributed by atoms with Crippen LogP contribution in [0.4, 0.5) is 14.5 Å². The lowest BCUT2D eigenvalue weighted by atomic mass is 9.96. The Hall–Kier alpha value is -3.47. The Labute approximate surface area is 236 Å². The number of hydrogen-bond donors (Lipinski definition) is 1. The van der Waals surface area contributed by atoms with Gasteiger partial charge in [0.05, 0.1) is 11.4 Å². The highest BCUT2D eigenvalue weighted by Crippen LogP contribution is 2.44. The number of carbonyl (C=O) groups excluding carboxylic acids is 2. The fourth-order valence-electron chi connectivity index (χ4n) is 5.16. The van der Waals surface area contributed by atoms with Crippen LogP contribution < -0.4 is 4.90 Å². The minimum atomic E-state index is -3.30. The third-order valence-electron chi connectivity index (χ3n) is 7.37. The van der Waals surface area contributed by atoms with Crippen LogP contribution in [0.25, 0.3) is 16.1 Å². The number of rotatable bonds is 6. The molecule has 0 spiro atoms. The first-order valence-corrected chi connectivity index (χ1v) is 14.3. The maximum atomic E-state index is 15.7. The number of aryl methyl sites for hydroxylation is 1. The van der Waals surface area contributed by atoms with Gasteiger partial charge in [0.2, 0.25) is 5.91 Å². The number of anilines is 1. The predicted molar refractivity (Wildman–Crippen MR) is 153 cm³/mol. The molecule has 0 atom stereocenters. The van der Waals surface area contributed by atoms with E-state index in [0.717, 1.165) is 18.2 Å². The molecule has 40 heavy (non-hydrogen) atoms. The summed E-state index contributed by atoms with van der Waals surface area (Å²) in [6.07, 6.45) is 1.11. The lowest BCUT2D eigenvalue weighted by Crippen LogP contribution is -2.48. The fourth-order valence-corrected chi connectivity index (χ4v) is 6.18. The standard InChI is InChI=1S/C30H32F2N4O3S/c1-21-27(40-28(33-21)22-8-3-2-4-9-22)29(39)36-14-12-30(31,32)24(23-10-5-6-11-25(23)36)20-26(38)35-17-15-34(16-18-35)13-7-19-37/h2-6,8-11,20,37H,7,12-19H2,1H3. The minimum Gasteiger partial charge on any atom is -0.396 e. The number of thiazole rings is 1. The van der Waals surface area contributed by atoms with E-state index in [4.69, 9.17) is 5.11 Å². The SMILES string of the molecule is Cc1nc(-c2ccccc2)sc1C(=O)N1CCC(F)(F)C(=CC(=O)N2CCN(CCCO)CC2)c2ccccc21. The Morgan fingerprint density at radius 1 is 1.02 bits per heavy atom. The Kier molecular flexibility index (Phi) is 8.39. The lowest BCUT2D eigenvalue weighted by Gasteiger charge is -2.34. The predicted octanol–water partition coefficient (Wildman–Crippen LogP) is 4.71. The molecule has 5 rings (SSSR count). The van der Waals surface area contributed by atoms with Crippen LogP contribution in [0.15, 0.2) is 60.7 Å². The van der Waals surface area contributed by atoms with Gasteiger partial charge in [-0.3, -0.25) is 14.5 Å². The van der Waals surface area contributed by atoms with Crippen molar-refractivity contribution in [3.05, 3.63) is 76.8 Å². The molecule has 1 fully saturated rings. The Bertz CT molecular complexity index is 1400. The zero-order valence-corrected chi connectivity index (χ0v) is 23.2. The van der Waals surface area contributed by atoms with E-state index in [1.807, 2.05) is 30.3 Å². The average molecular weight is 567 g/mol. The van der Waals surface area contributed by atoms with Crippen LogP contribution in [0.2, 0.25) is 0 Å². The van der Waals surface area contributed by atoms with E-state index >= 15 is 8.78 Å². The first-order valence-electron chi connectivity index (χ1n) is 13.4. The zero-order chi connectivity index (χ0) is 28.3. The molecule has 3 heterocycles. The molecule has 1 saturated heterocycles. The van der Waals surface area contributed by atoms with Crippen LogP contribution in [-0.2, 0) is 4.79 Å². The molecule has 1 N–H and O–H groups in total. The number of fused-ring (bicyclic) bond motifs is 1. The molecule has 2 aliphatic heterocycles. The molecule has 2 aliphatic rings. The minimum absolute atomic E-state index is 0.107. The monoisotopic (exact) mass is 566 g/mol. The van der Waals surface area contributed by atoms with Gasteiger partial charge >= 0.3 is 0 Å². The van der Waals surface area contributed by atoms with E-state index < -0.39 is 18.3 Å². The molecule has 0 unspecified atom stereocenters. The summed E-state index contributed by atoms with van der Waals surface area (Å²) in [5, 5.41) is 9.75. The van der Waals surface area contributed by atoms with Gasteiger partial charge in [-0.25, -0.2) is 13.8 Å². The molecule has 10 heteroatoms. The van der Waals surface area contributed by atoms with Gasteiger partial charge < -0.3 is 14.9 Å². The maximum Gasteiger partial charge on any atom is 0.275 e. The van der Waals surface area contributed by atoms with E-state index in [-0.39, 0.29) is 30.2 Å². The summed E-state index contributed by atoms with van der Waals surface area (Å²) in [6, 6.07) is 16.1. The van der Waals surface area contributed by atoms with Crippen LogP contribution in [0.5, 0.6) is 0 Å². The summed E-state index contributed by atoms with van der Waals surface area (Å²) >= 11 is 1.25. The molecule has 0 bridgehead atoms. The molecular weight excluding hydrogens is 534 g/mol. The molecule has 0 saturated carbocycles. The summed E-state index contributed by atoms with van der Waals surface area (Å²) < 4.78 is 31.3. The summed E-state index contributed by atoms with van der Waals surface area (Å²) in [7, 11) is 0. The molecule has 2 amide bonds. The van der Waals surface area contributed by atoms with Gasteiger partial charge in [0.1, 0.15) is 9.88 Å². The van der Waals surface area contributed by atoms with Crippen molar-refractivity contribution in [3.63, 3.8) is 0 Å². The number of amides is 2. The van der Waals surface area contributed by atoms with Gasteiger partial charge in [0, 0.05) is 75.1 Å². The van der Waals surface area contributed by atoms with E-state index in [2.05, 4.69) is 9.88 Å². The van der Waals surface area contributed by atoms with Crippen molar-refractivity contribution < 1.29 is 23.5 Å². The van der Waals surface area contributed by atoms with Gasteiger partial charge in [0.25, 0.3) is 11.8 Å². The highest BCUT2D eigenvalue weighted by molar-refractivity contribution is 7.17. The van der Waals surface area contributed by atoms with Crippen molar-refractivity contribution in [1.82, 2.24) is 14.8 Å². The van der Waals surface area contributed by atoms with Crippen molar-refractivity contribution in [2.75, 3.05) is 50.8 Å². The van der Waals surface area contributed by atoms with E-state index in [9.17, 15) is 9.59 Å². The molecule has 210 valence electrons. The van der Waals surface area contributed by atoms with Crippen molar-refractivity contribution >= 4 is 34.4 Å². The Balaban J connectivity index is 1.43. The van der Waals surface area contributed by atoms with Crippen LogP contribution in [0, 0.1) is 6.92 Å². The van der Waals surface area contributed by atoms with Crippen LogP contribution >= 0.6 is 11.3 Å². The molecule has 2 aromatic carbocycles. The second kappa shape index (κ2) is 12.0. The molecule has 1 aromatic heterocycles. The van der Waals surface area contributed by atoms with Crippen molar-refractivity contribution in [3.8, 4) is 10.6 Å². The second-order valence-corrected chi connectivity index (χ2v) is 11.0. The summed E-state index contributed by atoms with van der Waals surface area (Å²) in [4.78, 5) is 37.1. The normalized spacial score (nSPS) is 18.4. The Morgan fingerprint density at radius 3 is 2.45 bits per heavy atom. The zero-order valence-electron chi connectivity index (χ0n) is 22.4.